The molecule has 0 aliphatic carbocycles. The van der Waals surface area contributed by atoms with E-state index in [1.54, 1.807) is 24.3 Å². The van der Waals surface area contributed by atoms with Gasteiger partial charge in [0.2, 0.25) is 9.84 Å². The molecule has 0 unspecified atom stereocenters. The highest BCUT2D eigenvalue weighted by atomic mass is 35.5. The lowest BCUT2D eigenvalue weighted by Gasteiger charge is -2.11. The molecule has 0 bridgehead atoms. The highest BCUT2D eigenvalue weighted by molar-refractivity contribution is 7.95. The summed E-state index contributed by atoms with van der Waals surface area (Å²) in [6.45, 7) is 4.60. The van der Waals surface area contributed by atoms with Gasteiger partial charge in [0.05, 0.1) is 18.1 Å². The van der Waals surface area contributed by atoms with Gasteiger partial charge in [-0.15, -0.1) is 0 Å². The van der Waals surface area contributed by atoms with Crippen molar-refractivity contribution >= 4 is 27.5 Å². The van der Waals surface area contributed by atoms with Crippen molar-refractivity contribution in [1.29, 1.82) is 5.26 Å². The average Bonchev–Trinajstić information content (AvgIpc) is 2.62. The summed E-state index contributed by atoms with van der Waals surface area (Å²) in [5.74, 6) is 1.05. The van der Waals surface area contributed by atoms with Crippen LogP contribution in [0.1, 0.15) is 19.4 Å². The molecule has 2 aromatic carbocycles. The van der Waals surface area contributed by atoms with Crippen molar-refractivity contribution in [2.24, 2.45) is 0 Å². The first-order valence-electron chi connectivity index (χ1n) is 7.94. The fourth-order valence-corrected chi connectivity index (χ4v) is 3.51. The van der Waals surface area contributed by atoms with Crippen molar-refractivity contribution in [3.63, 3.8) is 0 Å². The number of nitrogens with zero attached hydrogens (tertiary/aromatic N) is 1. The Balaban J connectivity index is 2.46. The molecule has 0 saturated carbocycles. The molecular formula is C19H18ClNO4S. The van der Waals surface area contributed by atoms with Crippen LogP contribution in [0.15, 0.2) is 52.3 Å². The molecule has 5 nitrogen and oxygen atoms in total. The van der Waals surface area contributed by atoms with Crippen LogP contribution in [0.3, 0.4) is 0 Å². The summed E-state index contributed by atoms with van der Waals surface area (Å²) in [5.41, 5.74) is 0.519. The molecular weight excluding hydrogens is 374 g/mol. The SMILES string of the molecule is CCOc1ccc(C=C(C#N)S(=O)(=O)c2ccc(Cl)cc2)cc1OCC. The molecule has 0 fully saturated rings. The molecule has 2 rings (SSSR count). The number of benzene rings is 2. The summed E-state index contributed by atoms with van der Waals surface area (Å²) < 4.78 is 36.3. The van der Waals surface area contributed by atoms with Gasteiger partial charge in [0, 0.05) is 5.02 Å². The Kier molecular flexibility index (Phi) is 6.67. The number of ether oxygens (including phenoxy) is 2. The van der Waals surface area contributed by atoms with Crippen molar-refractivity contribution in [2.75, 3.05) is 13.2 Å². The first kappa shape index (κ1) is 19.8. The minimum Gasteiger partial charge on any atom is -0.490 e. The van der Waals surface area contributed by atoms with Gasteiger partial charge in [0.1, 0.15) is 11.0 Å². The van der Waals surface area contributed by atoms with E-state index in [1.165, 1.54) is 30.3 Å². The van der Waals surface area contributed by atoms with Gasteiger partial charge in [-0.1, -0.05) is 17.7 Å². The third-order valence-corrected chi connectivity index (χ3v) is 5.32. The molecule has 26 heavy (non-hydrogen) atoms. The van der Waals surface area contributed by atoms with Gasteiger partial charge in [-0.05, 0) is 61.9 Å². The smallest absolute Gasteiger partial charge is 0.216 e. The Morgan fingerprint density at radius 1 is 1.08 bits per heavy atom. The van der Waals surface area contributed by atoms with Crippen LogP contribution in [-0.2, 0) is 9.84 Å². The summed E-state index contributed by atoms with van der Waals surface area (Å²) in [6.07, 6.45) is 1.31. The van der Waals surface area contributed by atoms with E-state index in [2.05, 4.69) is 0 Å². The van der Waals surface area contributed by atoms with Gasteiger partial charge in [-0.25, -0.2) is 8.42 Å². The lowest BCUT2D eigenvalue weighted by Crippen LogP contribution is -2.03. The number of rotatable bonds is 7. The average molecular weight is 392 g/mol. The zero-order chi connectivity index (χ0) is 19.2. The largest absolute Gasteiger partial charge is 0.490 e. The summed E-state index contributed by atoms with van der Waals surface area (Å²) in [6, 6.07) is 12.4. The molecule has 0 aliphatic heterocycles. The Bertz CT molecular complexity index is 944. The lowest BCUT2D eigenvalue weighted by molar-refractivity contribution is 0.287. The van der Waals surface area contributed by atoms with Gasteiger partial charge in [-0.2, -0.15) is 5.26 Å². The summed E-state index contributed by atoms with van der Waals surface area (Å²) >= 11 is 5.79. The number of allylic oxidation sites excluding steroid dienone is 1. The van der Waals surface area contributed by atoms with E-state index < -0.39 is 9.84 Å². The summed E-state index contributed by atoms with van der Waals surface area (Å²) in [7, 11) is -3.94. The van der Waals surface area contributed by atoms with Crippen molar-refractivity contribution in [3.05, 3.63) is 58.0 Å². The minimum atomic E-state index is -3.94. The van der Waals surface area contributed by atoms with E-state index in [0.29, 0.717) is 35.3 Å². The van der Waals surface area contributed by atoms with Crippen LogP contribution in [0.4, 0.5) is 0 Å². The molecule has 0 amide bonds. The predicted molar refractivity (Wildman–Crippen MR) is 101 cm³/mol. The van der Waals surface area contributed by atoms with Crippen molar-refractivity contribution in [2.45, 2.75) is 18.7 Å². The molecule has 0 aliphatic rings. The van der Waals surface area contributed by atoms with Crippen LogP contribution in [0.5, 0.6) is 11.5 Å². The van der Waals surface area contributed by atoms with Crippen molar-refractivity contribution < 1.29 is 17.9 Å². The molecule has 136 valence electrons. The molecule has 0 aromatic heterocycles. The second kappa shape index (κ2) is 8.75. The maximum Gasteiger partial charge on any atom is 0.216 e. The number of hydrogen-bond acceptors (Lipinski definition) is 5. The van der Waals surface area contributed by atoms with Crippen LogP contribution >= 0.6 is 11.6 Å². The fraction of sp³-hybridized carbons (Fsp3) is 0.211. The van der Waals surface area contributed by atoms with E-state index in [1.807, 2.05) is 13.8 Å². The zero-order valence-electron chi connectivity index (χ0n) is 14.4. The molecule has 0 heterocycles. The van der Waals surface area contributed by atoms with Gasteiger partial charge in [-0.3, -0.25) is 0 Å². The Morgan fingerprint density at radius 3 is 2.27 bits per heavy atom. The Hall–Kier alpha value is -2.49. The topological polar surface area (TPSA) is 76.4 Å². The second-order valence-corrected chi connectivity index (χ2v) is 7.50. The summed E-state index contributed by atoms with van der Waals surface area (Å²) in [5, 5.41) is 9.79. The van der Waals surface area contributed by atoms with Gasteiger partial charge in [0.15, 0.2) is 11.5 Å². The summed E-state index contributed by atoms with van der Waals surface area (Å²) in [4.78, 5) is -0.364. The monoisotopic (exact) mass is 391 g/mol. The van der Waals surface area contributed by atoms with Gasteiger partial charge < -0.3 is 9.47 Å². The van der Waals surface area contributed by atoms with Crippen LogP contribution in [0.2, 0.25) is 5.02 Å². The first-order chi connectivity index (χ1) is 12.4. The Morgan fingerprint density at radius 2 is 1.69 bits per heavy atom. The molecule has 0 atom stereocenters. The van der Waals surface area contributed by atoms with E-state index in [-0.39, 0.29) is 9.80 Å². The van der Waals surface area contributed by atoms with E-state index in [9.17, 15) is 13.7 Å². The van der Waals surface area contributed by atoms with Crippen LogP contribution in [-0.4, -0.2) is 21.6 Å². The second-order valence-electron chi connectivity index (χ2n) is 5.15. The molecule has 0 radical (unpaired) electrons. The van der Waals surface area contributed by atoms with Gasteiger partial charge >= 0.3 is 0 Å². The molecule has 0 spiro atoms. The molecule has 0 saturated heterocycles. The highest BCUT2D eigenvalue weighted by Crippen LogP contribution is 2.30. The van der Waals surface area contributed by atoms with Crippen LogP contribution < -0.4 is 9.47 Å². The standard InChI is InChI=1S/C19H18ClNO4S/c1-3-24-18-10-5-14(12-19(18)25-4-2)11-17(13-21)26(22,23)16-8-6-15(20)7-9-16/h5-12H,3-4H2,1-2H3. The third kappa shape index (κ3) is 4.57. The number of halogens is 1. The zero-order valence-corrected chi connectivity index (χ0v) is 16.0. The third-order valence-electron chi connectivity index (χ3n) is 3.39. The van der Waals surface area contributed by atoms with E-state index in [4.69, 9.17) is 21.1 Å². The highest BCUT2D eigenvalue weighted by Gasteiger charge is 2.21. The normalized spacial score (nSPS) is 11.7. The molecule has 7 heteroatoms. The predicted octanol–water partition coefficient (Wildman–Crippen LogP) is 4.48. The molecule has 2 aromatic rings. The maximum absolute atomic E-state index is 12.7. The van der Waals surface area contributed by atoms with Crippen molar-refractivity contribution in [1.82, 2.24) is 0 Å². The molecule has 0 N–H and O–H groups in total. The fourth-order valence-electron chi connectivity index (χ4n) is 2.22. The lowest BCUT2D eigenvalue weighted by atomic mass is 10.2. The van der Waals surface area contributed by atoms with Crippen LogP contribution in [0.25, 0.3) is 6.08 Å². The number of hydrogen-bond donors (Lipinski definition) is 0. The first-order valence-corrected chi connectivity index (χ1v) is 9.80. The quantitative estimate of drug-likeness (QED) is 0.650. The number of sulfone groups is 1. The van der Waals surface area contributed by atoms with Crippen molar-refractivity contribution in [3.8, 4) is 17.6 Å². The van der Waals surface area contributed by atoms with Gasteiger partial charge in [0.25, 0.3) is 0 Å². The van der Waals surface area contributed by atoms with E-state index in [0.717, 1.165) is 0 Å². The Labute approximate surface area is 158 Å². The van der Waals surface area contributed by atoms with E-state index >= 15 is 0 Å². The maximum atomic E-state index is 12.7. The van der Waals surface area contributed by atoms with Crippen LogP contribution in [0, 0.1) is 11.3 Å². The number of nitriles is 1. The minimum absolute atomic E-state index is 0.00525.